The highest BCUT2D eigenvalue weighted by Crippen LogP contribution is 2.40. The smallest absolute Gasteiger partial charge is 0.307 e. The standard InChI is InChI=1S/C13H14N2O4S/c14-11(16)6-20-10-4-2-1-3-9(10)15-12(17)7-5-8(7)13(18)19/h1-4,7-8H,5-6H2,(H2,14,16)(H,15,17)(H,18,19). The molecule has 2 atom stereocenters. The highest BCUT2D eigenvalue weighted by atomic mass is 32.2. The van der Waals surface area contributed by atoms with E-state index in [0.717, 1.165) is 4.90 Å². The third kappa shape index (κ3) is 3.51. The maximum absolute atomic E-state index is 11.9. The summed E-state index contributed by atoms with van der Waals surface area (Å²) in [5.74, 6) is -2.62. The van der Waals surface area contributed by atoms with Crippen LogP contribution in [0.5, 0.6) is 0 Å². The van der Waals surface area contributed by atoms with Gasteiger partial charge in [-0.1, -0.05) is 12.1 Å². The zero-order chi connectivity index (χ0) is 14.7. The molecule has 4 N–H and O–H groups in total. The van der Waals surface area contributed by atoms with Crippen molar-refractivity contribution in [2.45, 2.75) is 11.3 Å². The van der Waals surface area contributed by atoms with E-state index in [0.29, 0.717) is 12.1 Å². The van der Waals surface area contributed by atoms with Gasteiger partial charge in [0.15, 0.2) is 0 Å². The summed E-state index contributed by atoms with van der Waals surface area (Å²) in [5, 5.41) is 11.5. The van der Waals surface area contributed by atoms with Crippen molar-refractivity contribution in [1.29, 1.82) is 0 Å². The number of benzene rings is 1. The molecule has 2 amide bonds. The molecule has 1 aliphatic rings. The lowest BCUT2D eigenvalue weighted by atomic mass is 10.2. The number of para-hydroxylation sites is 1. The second-order valence-corrected chi connectivity index (χ2v) is 5.54. The number of carboxylic acid groups (broad SMARTS) is 1. The van der Waals surface area contributed by atoms with E-state index in [1.54, 1.807) is 24.3 Å². The Morgan fingerprint density at radius 2 is 2.00 bits per heavy atom. The summed E-state index contributed by atoms with van der Waals surface area (Å²) >= 11 is 1.23. The lowest BCUT2D eigenvalue weighted by Crippen LogP contribution is -2.17. The number of anilines is 1. The summed E-state index contributed by atoms with van der Waals surface area (Å²) in [6, 6.07) is 7.02. The van der Waals surface area contributed by atoms with Crippen LogP contribution >= 0.6 is 11.8 Å². The van der Waals surface area contributed by atoms with Crippen LogP contribution in [-0.2, 0) is 14.4 Å². The topological polar surface area (TPSA) is 109 Å². The van der Waals surface area contributed by atoms with Gasteiger partial charge in [0, 0.05) is 4.90 Å². The molecule has 1 aliphatic carbocycles. The van der Waals surface area contributed by atoms with Crippen LogP contribution in [0.3, 0.4) is 0 Å². The summed E-state index contributed by atoms with van der Waals surface area (Å²) in [7, 11) is 0. The molecule has 2 unspecified atom stereocenters. The molecule has 0 aliphatic heterocycles. The van der Waals surface area contributed by atoms with Gasteiger partial charge in [0.05, 0.1) is 23.3 Å². The van der Waals surface area contributed by atoms with Crippen LogP contribution in [0.2, 0.25) is 0 Å². The molecule has 1 saturated carbocycles. The lowest BCUT2D eigenvalue weighted by Gasteiger charge is -2.09. The van der Waals surface area contributed by atoms with E-state index >= 15 is 0 Å². The van der Waals surface area contributed by atoms with Crippen molar-refractivity contribution in [2.24, 2.45) is 17.6 Å². The maximum Gasteiger partial charge on any atom is 0.307 e. The predicted molar refractivity (Wildman–Crippen MR) is 74.2 cm³/mol. The van der Waals surface area contributed by atoms with E-state index in [9.17, 15) is 14.4 Å². The molecule has 6 nitrogen and oxygen atoms in total. The summed E-state index contributed by atoms with van der Waals surface area (Å²) in [5.41, 5.74) is 5.66. The van der Waals surface area contributed by atoms with Crippen LogP contribution < -0.4 is 11.1 Å². The van der Waals surface area contributed by atoms with E-state index in [4.69, 9.17) is 10.8 Å². The summed E-state index contributed by atoms with van der Waals surface area (Å²) in [4.78, 5) is 34.2. The Bertz CT molecular complexity index is 561. The molecule has 7 heteroatoms. The Morgan fingerprint density at radius 1 is 1.30 bits per heavy atom. The Kier molecular flexibility index (Phi) is 4.29. The number of nitrogens with one attached hydrogen (secondary N) is 1. The van der Waals surface area contributed by atoms with Gasteiger partial charge < -0.3 is 16.2 Å². The Morgan fingerprint density at radius 3 is 2.60 bits per heavy atom. The second-order valence-electron chi connectivity index (χ2n) is 4.53. The first kappa shape index (κ1) is 14.4. The van der Waals surface area contributed by atoms with Gasteiger partial charge in [-0.2, -0.15) is 0 Å². The molecule has 0 bridgehead atoms. The third-order valence-corrected chi connectivity index (χ3v) is 4.06. The lowest BCUT2D eigenvalue weighted by molar-refractivity contribution is -0.139. The number of thioether (sulfide) groups is 1. The van der Waals surface area contributed by atoms with Crippen molar-refractivity contribution >= 4 is 35.2 Å². The minimum Gasteiger partial charge on any atom is -0.481 e. The minimum atomic E-state index is -0.943. The number of primary amides is 1. The number of aliphatic carboxylic acids is 1. The van der Waals surface area contributed by atoms with Crippen molar-refractivity contribution < 1.29 is 19.5 Å². The fourth-order valence-electron chi connectivity index (χ4n) is 1.83. The van der Waals surface area contributed by atoms with Crippen LogP contribution in [-0.4, -0.2) is 28.6 Å². The number of amides is 2. The van der Waals surface area contributed by atoms with Gasteiger partial charge in [0.1, 0.15) is 0 Å². The molecule has 1 aromatic carbocycles. The van der Waals surface area contributed by atoms with E-state index in [1.165, 1.54) is 11.8 Å². The van der Waals surface area contributed by atoms with Gasteiger partial charge in [0.2, 0.25) is 11.8 Å². The number of carboxylic acids is 1. The van der Waals surface area contributed by atoms with E-state index in [-0.39, 0.29) is 11.7 Å². The first-order valence-electron chi connectivity index (χ1n) is 6.03. The molecular formula is C13H14N2O4S. The minimum absolute atomic E-state index is 0.119. The fraction of sp³-hybridized carbons (Fsp3) is 0.308. The molecule has 0 aromatic heterocycles. The Hall–Kier alpha value is -2.02. The number of nitrogens with two attached hydrogens (primary N) is 1. The average Bonchev–Trinajstić information content (AvgIpc) is 3.18. The summed E-state index contributed by atoms with van der Waals surface area (Å²) < 4.78 is 0. The highest BCUT2D eigenvalue weighted by Gasteiger charge is 2.48. The zero-order valence-corrected chi connectivity index (χ0v) is 11.4. The van der Waals surface area contributed by atoms with Crippen LogP contribution in [0, 0.1) is 11.8 Å². The van der Waals surface area contributed by atoms with Gasteiger partial charge in [-0.3, -0.25) is 14.4 Å². The molecule has 20 heavy (non-hydrogen) atoms. The normalized spacial score (nSPS) is 20.2. The molecule has 1 fully saturated rings. The largest absolute Gasteiger partial charge is 0.481 e. The van der Waals surface area contributed by atoms with Crippen molar-refractivity contribution in [3.05, 3.63) is 24.3 Å². The SMILES string of the molecule is NC(=O)CSc1ccccc1NC(=O)C1CC1C(=O)O. The Labute approximate surface area is 119 Å². The predicted octanol–water partition coefficient (Wildman–Crippen LogP) is 0.923. The van der Waals surface area contributed by atoms with Gasteiger partial charge in [-0.15, -0.1) is 11.8 Å². The highest BCUT2D eigenvalue weighted by molar-refractivity contribution is 8.00. The molecular weight excluding hydrogens is 280 g/mol. The van der Waals surface area contributed by atoms with Gasteiger partial charge in [-0.25, -0.2) is 0 Å². The van der Waals surface area contributed by atoms with Gasteiger partial charge in [-0.05, 0) is 18.6 Å². The van der Waals surface area contributed by atoms with Gasteiger partial charge in [0.25, 0.3) is 0 Å². The maximum atomic E-state index is 11.9. The monoisotopic (exact) mass is 294 g/mol. The van der Waals surface area contributed by atoms with E-state index < -0.39 is 23.7 Å². The zero-order valence-electron chi connectivity index (χ0n) is 10.5. The molecule has 0 radical (unpaired) electrons. The van der Waals surface area contributed by atoms with Crippen molar-refractivity contribution in [3.8, 4) is 0 Å². The van der Waals surface area contributed by atoms with E-state index in [2.05, 4.69) is 5.32 Å². The number of carbonyl (C=O) groups is 3. The number of hydrogen-bond acceptors (Lipinski definition) is 4. The molecule has 0 spiro atoms. The van der Waals surface area contributed by atoms with Crippen LogP contribution in [0.15, 0.2) is 29.2 Å². The molecule has 2 rings (SSSR count). The second kappa shape index (κ2) is 5.96. The number of rotatable bonds is 6. The van der Waals surface area contributed by atoms with E-state index in [1.807, 2.05) is 0 Å². The van der Waals surface area contributed by atoms with Crippen LogP contribution in [0.4, 0.5) is 5.69 Å². The number of carbonyl (C=O) groups excluding carboxylic acids is 2. The van der Waals surface area contributed by atoms with Crippen LogP contribution in [0.25, 0.3) is 0 Å². The quantitative estimate of drug-likeness (QED) is 0.676. The van der Waals surface area contributed by atoms with Crippen molar-refractivity contribution in [3.63, 3.8) is 0 Å². The van der Waals surface area contributed by atoms with Crippen molar-refractivity contribution in [1.82, 2.24) is 0 Å². The Balaban J connectivity index is 2.00. The molecule has 1 aromatic rings. The molecule has 0 saturated heterocycles. The summed E-state index contributed by atoms with van der Waals surface area (Å²) in [6.45, 7) is 0. The fourth-order valence-corrected chi connectivity index (χ4v) is 2.57. The molecule has 106 valence electrons. The average molecular weight is 294 g/mol. The first-order chi connectivity index (χ1) is 9.49. The summed E-state index contributed by atoms with van der Waals surface area (Å²) in [6.07, 6.45) is 0.373. The van der Waals surface area contributed by atoms with Gasteiger partial charge >= 0.3 is 5.97 Å². The van der Waals surface area contributed by atoms with Crippen molar-refractivity contribution in [2.75, 3.05) is 11.1 Å². The first-order valence-corrected chi connectivity index (χ1v) is 7.01. The third-order valence-electron chi connectivity index (χ3n) is 2.96. The molecule has 0 heterocycles. The van der Waals surface area contributed by atoms with Crippen LogP contribution in [0.1, 0.15) is 6.42 Å². The number of hydrogen-bond donors (Lipinski definition) is 3.